The van der Waals surface area contributed by atoms with Crippen molar-refractivity contribution in [3.8, 4) is 0 Å². The van der Waals surface area contributed by atoms with Gasteiger partial charge in [0.2, 0.25) is 0 Å². The van der Waals surface area contributed by atoms with Gasteiger partial charge in [-0.15, -0.1) is 0 Å². The number of benzene rings is 1. The van der Waals surface area contributed by atoms with E-state index in [1.165, 1.54) is 0 Å². The summed E-state index contributed by atoms with van der Waals surface area (Å²) >= 11 is -2.25. The monoisotopic (exact) mass is 300 g/mol. The van der Waals surface area contributed by atoms with Crippen molar-refractivity contribution in [3.63, 3.8) is 0 Å². The summed E-state index contributed by atoms with van der Waals surface area (Å²) in [5, 5.41) is 3.20. The Labute approximate surface area is 117 Å². The Bertz CT molecular complexity index is 398. The van der Waals surface area contributed by atoms with Crippen LogP contribution in [0.4, 0.5) is 11.4 Å². The Morgan fingerprint density at radius 3 is 2.93 bits per heavy atom. The molecule has 0 aliphatic carbocycles. The molecule has 1 heterocycles. The first kappa shape index (κ1) is 13.1. The van der Waals surface area contributed by atoms with Crippen molar-refractivity contribution in [2.24, 2.45) is 0 Å². The third-order valence-corrected chi connectivity index (χ3v) is 2.77. The van der Waals surface area contributed by atoms with Crippen molar-refractivity contribution in [1.82, 2.24) is 0 Å². The van der Waals surface area contributed by atoms with Gasteiger partial charge >= 0.3 is 0 Å². The van der Waals surface area contributed by atoms with E-state index < -0.39 is 11.3 Å². The van der Waals surface area contributed by atoms with Crippen LogP contribution in [0, 0.1) is 6.92 Å². The largest absolute Gasteiger partial charge is 0.755 e. The third-order valence-electron chi connectivity index (χ3n) is 2.40. The Morgan fingerprint density at radius 2 is 2.27 bits per heavy atom. The average molecular weight is 300 g/mol. The summed E-state index contributed by atoms with van der Waals surface area (Å²) in [5.41, 5.74) is 3.77. The fourth-order valence-electron chi connectivity index (χ4n) is 1.74. The van der Waals surface area contributed by atoms with E-state index in [1.54, 1.807) is 0 Å². The number of fused-ring (bicyclic) bond motifs is 1. The van der Waals surface area contributed by atoms with Gasteiger partial charge in [0.1, 0.15) is 0 Å². The zero-order valence-corrected chi connectivity index (χ0v) is 12.0. The van der Waals surface area contributed by atoms with E-state index >= 15 is 0 Å². The van der Waals surface area contributed by atoms with E-state index in [1.807, 2.05) is 19.1 Å². The molecule has 0 fully saturated rings. The molecule has 1 aliphatic heterocycles. The molecule has 6 heteroatoms. The van der Waals surface area contributed by atoms with Gasteiger partial charge in [-0.1, -0.05) is 6.07 Å². The molecule has 0 saturated carbocycles. The minimum atomic E-state index is -2.25. The Hall–Kier alpha value is 0.0339. The normalized spacial score (nSPS) is 14.8. The molecule has 79 valence electrons. The minimum Gasteiger partial charge on any atom is -0.755 e. The molecule has 2 rings (SSSR count). The number of nitrogens with one attached hydrogen (secondary N) is 2. The molecule has 1 unspecified atom stereocenters. The first-order valence-corrected chi connectivity index (χ1v) is 5.48. The molecule has 0 bridgehead atoms. The number of hydrogen-bond donors (Lipinski definition) is 2. The van der Waals surface area contributed by atoms with Gasteiger partial charge in [-0.3, -0.25) is 4.21 Å². The number of anilines is 2. The van der Waals surface area contributed by atoms with Gasteiger partial charge in [-0.25, -0.2) is 0 Å². The van der Waals surface area contributed by atoms with Crippen LogP contribution in [0.3, 0.4) is 0 Å². The van der Waals surface area contributed by atoms with Gasteiger partial charge in [-0.2, -0.15) is 0 Å². The van der Waals surface area contributed by atoms with Crippen LogP contribution in [-0.2, 0) is 50.4 Å². The maximum atomic E-state index is 10.6. The number of rotatable bonds is 2. The second kappa shape index (κ2) is 5.39. The van der Waals surface area contributed by atoms with Gasteiger partial charge in [0.05, 0.1) is 5.69 Å². The van der Waals surface area contributed by atoms with Crippen molar-refractivity contribution in [3.05, 3.63) is 23.3 Å². The zero-order chi connectivity index (χ0) is 10.1. The van der Waals surface area contributed by atoms with Crippen molar-refractivity contribution in [2.45, 2.75) is 13.3 Å². The van der Waals surface area contributed by atoms with Gasteiger partial charge in [0.15, 0.2) is 0 Å². The van der Waals surface area contributed by atoms with Crippen LogP contribution in [0.25, 0.3) is 0 Å². The maximum absolute atomic E-state index is 10.6. The maximum Gasteiger partial charge on any atom is 0.0534 e. The second-order valence-corrected chi connectivity index (χ2v) is 3.97. The quantitative estimate of drug-likeness (QED) is 0.806. The van der Waals surface area contributed by atoms with Gasteiger partial charge in [-0.05, 0) is 25.0 Å². The van der Waals surface area contributed by atoms with E-state index in [0.717, 1.165) is 35.5 Å². The van der Waals surface area contributed by atoms with Crippen molar-refractivity contribution in [1.29, 1.82) is 0 Å². The van der Waals surface area contributed by atoms with Gasteiger partial charge in [0, 0.05) is 61.8 Å². The topological polar surface area (TPSA) is 64.2 Å². The summed E-state index contributed by atoms with van der Waals surface area (Å²) in [6, 6.07) is 3.89. The Morgan fingerprint density at radius 1 is 1.53 bits per heavy atom. The van der Waals surface area contributed by atoms with Crippen LogP contribution in [0.2, 0.25) is 0 Å². The van der Waals surface area contributed by atoms with Gasteiger partial charge < -0.3 is 14.6 Å². The Balaban J connectivity index is 0.00000112. The fourth-order valence-corrected chi connectivity index (χ4v) is 2.19. The molecule has 1 atom stereocenters. The minimum absolute atomic E-state index is 0. The zero-order valence-electron chi connectivity index (χ0n) is 8.37. The van der Waals surface area contributed by atoms with Gasteiger partial charge in [0.25, 0.3) is 0 Å². The molecular weight excluding hydrogens is 289 g/mol. The second-order valence-electron chi connectivity index (χ2n) is 3.30. The van der Waals surface area contributed by atoms with Crippen LogP contribution in [0.5, 0.6) is 0 Å². The van der Waals surface area contributed by atoms with E-state index in [9.17, 15) is 8.76 Å². The van der Waals surface area contributed by atoms with E-state index in [4.69, 9.17) is 0 Å². The van der Waals surface area contributed by atoms with Crippen LogP contribution in [0.1, 0.15) is 11.1 Å². The molecule has 0 saturated heterocycles. The van der Waals surface area contributed by atoms with Crippen LogP contribution < -0.4 is 10.0 Å². The average Bonchev–Trinajstić information content (AvgIpc) is 2.57. The van der Waals surface area contributed by atoms with E-state index in [2.05, 4.69) is 10.0 Å². The SMILES string of the molecule is Cc1ccc2c(c1NS(=O)[O-])CCN2.[Y]. The van der Waals surface area contributed by atoms with Crippen molar-refractivity contribution >= 4 is 22.6 Å². The van der Waals surface area contributed by atoms with Crippen molar-refractivity contribution < 1.29 is 41.5 Å². The summed E-state index contributed by atoms with van der Waals surface area (Å²) in [4.78, 5) is 0. The van der Waals surface area contributed by atoms with Crippen molar-refractivity contribution in [2.75, 3.05) is 16.6 Å². The Kier molecular flexibility index (Phi) is 4.71. The molecule has 1 radical (unpaired) electrons. The standard InChI is InChI=1S/C9H12N2O2S.Y/c1-6-2-3-8-7(4-5-10-8)9(6)11-14(12)13;/h2-3,10-11H,4-5H2,1H3,(H,12,13);/p-1. The molecule has 0 aromatic heterocycles. The molecule has 4 nitrogen and oxygen atoms in total. The molecule has 1 aromatic carbocycles. The van der Waals surface area contributed by atoms with E-state index in [0.29, 0.717) is 0 Å². The van der Waals surface area contributed by atoms with Crippen LogP contribution in [-0.4, -0.2) is 15.3 Å². The van der Waals surface area contributed by atoms with Crippen LogP contribution >= 0.6 is 0 Å². The summed E-state index contributed by atoms with van der Waals surface area (Å²) in [6.45, 7) is 2.77. The summed E-state index contributed by atoms with van der Waals surface area (Å²) in [7, 11) is 0. The smallest absolute Gasteiger partial charge is 0.0534 e. The fraction of sp³-hybridized carbons (Fsp3) is 0.333. The first-order chi connectivity index (χ1) is 6.68. The molecule has 15 heavy (non-hydrogen) atoms. The molecule has 0 amide bonds. The first-order valence-electron chi connectivity index (χ1n) is 4.41. The number of aryl methyl sites for hydroxylation is 1. The molecule has 1 aromatic rings. The molecule has 1 aliphatic rings. The van der Waals surface area contributed by atoms with Crippen LogP contribution in [0.15, 0.2) is 12.1 Å². The van der Waals surface area contributed by atoms with E-state index in [-0.39, 0.29) is 32.7 Å². The molecule has 2 N–H and O–H groups in total. The molecular formula is C9H11N2O2SY-. The predicted octanol–water partition coefficient (Wildman–Crippen LogP) is 1.17. The molecule has 0 spiro atoms. The summed E-state index contributed by atoms with van der Waals surface area (Å²) in [5.74, 6) is 0. The number of hydrogen-bond acceptors (Lipinski definition) is 3. The third kappa shape index (κ3) is 2.78. The summed E-state index contributed by atoms with van der Waals surface area (Å²) in [6.07, 6.45) is 0.872. The predicted molar refractivity (Wildman–Crippen MR) is 55.9 cm³/mol. The summed E-state index contributed by atoms with van der Waals surface area (Å²) < 4.78 is 23.6.